The predicted octanol–water partition coefficient (Wildman–Crippen LogP) is 4.89. The molecular formula is C26H24N2O6S. The van der Waals surface area contributed by atoms with E-state index in [1.807, 2.05) is 0 Å². The molecule has 1 N–H and O–H groups in total. The highest BCUT2D eigenvalue weighted by Crippen LogP contribution is 2.27. The molecule has 1 amide bonds. The first kappa shape index (κ1) is 24.0. The van der Waals surface area contributed by atoms with E-state index in [1.165, 1.54) is 14.2 Å². The number of aromatic nitrogens is 1. The lowest BCUT2D eigenvalue weighted by molar-refractivity contribution is 0.102. The maximum absolute atomic E-state index is 12.7. The molecular weight excluding hydrogens is 468 g/mol. The van der Waals surface area contributed by atoms with Crippen LogP contribution in [0.25, 0.3) is 11.5 Å². The first-order chi connectivity index (χ1) is 16.8. The summed E-state index contributed by atoms with van der Waals surface area (Å²) in [4.78, 5) is 17.3. The largest absolute Gasteiger partial charge is 0.497 e. The quantitative estimate of drug-likeness (QED) is 0.373. The monoisotopic (exact) mass is 492 g/mol. The highest BCUT2D eigenvalue weighted by molar-refractivity contribution is 7.90. The zero-order valence-electron chi connectivity index (χ0n) is 19.4. The van der Waals surface area contributed by atoms with Gasteiger partial charge in [-0.05, 0) is 43.3 Å². The van der Waals surface area contributed by atoms with Crippen LogP contribution >= 0.6 is 0 Å². The summed E-state index contributed by atoms with van der Waals surface area (Å²) in [7, 11) is -0.488. The molecule has 4 rings (SSSR count). The minimum absolute atomic E-state index is 0.230. The van der Waals surface area contributed by atoms with Gasteiger partial charge in [0, 0.05) is 35.0 Å². The number of ether oxygens (including phenoxy) is 2. The summed E-state index contributed by atoms with van der Waals surface area (Å²) < 4.78 is 41.6. The Morgan fingerprint density at radius 3 is 2.17 bits per heavy atom. The van der Waals surface area contributed by atoms with Gasteiger partial charge in [-0.15, -0.1) is 0 Å². The average molecular weight is 493 g/mol. The SMILES string of the molecule is COc1cc(NC(=O)c2ccc(-c3nc(CS(=O)(=O)c4ccccc4)c(C)o3)cc2)cc(OC)c1. The number of amides is 1. The zero-order chi connectivity index (χ0) is 25.0. The van der Waals surface area contributed by atoms with E-state index in [4.69, 9.17) is 13.9 Å². The Morgan fingerprint density at radius 2 is 1.57 bits per heavy atom. The number of anilines is 1. The van der Waals surface area contributed by atoms with Crippen LogP contribution in [0, 0.1) is 6.92 Å². The van der Waals surface area contributed by atoms with E-state index in [-0.39, 0.29) is 22.4 Å². The van der Waals surface area contributed by atoms with Crippen LogP contribution in [0.2, 0.25) is 0 Å². The number of sulfone groups is 1. The van der Waals surface area contributed by atoms with E-state index >= 15 is 0 Å². The number of carbonyl (C=O) groups is 1. The van der Waals surface area contributed by atoms with Crippen LogP contribution in [-0.4, -0.2) is 33.5 Å². The van der Waals surface area contributed by atoms with Crippen molar-refractivity contribution >= 4 is 21.4 Å². The van der Waals surface area contributed by atoms with Crippen LogP contribution in [0.1, 0.15) is 21.8 Å². The summed E-state index contributed by atoms with van der Waals surface area (Å²) in [6.45, 7) is 1.68. The van der Waals surface area contributed by atoms with Crippen molar-refractivity contribution < 1.29 is 27.1 Å². The molecule has 0 aliphatic carbocycles. The lowest BCUT2D eigenvalue weighted by Gasteiger charge is -2.10. The Labute approximate surface area is 203 Å². The Hall–Kier alpha value is -4.11. The van der Waals surface area contributed by atoms with E-state index < -0.39 is 9.84 Å². The highest BCUT2D eigenvalue weighted by atomic mass is 32.2. The van der Waals surface area contributed by atoms with Crippen molar-refractivity contribution in [1.29, 1.82) is 0 Å². The van der Waals surface area contributed by atoms with Gasteiger partial charge in [-0.3, -0.25) is 4.79 Å². The van der Waals surface area contributed by atoms with Crippen molar-refractivity contribution in [2.24, 2.45) is 0 Å². The smallest absolute Gasteiger partial charge is 0.255 e. The van der Waals surface area contributed by atoms with Crippen molar-refractivity contribution in [2.75, 3.05) is 19.5 Å². The second-order valence-electron chi connectivity index (χ2n) is 7.73. The maximum atomic E-state index is 12.7. The summed E-state index contributed by atoms with van der Waals surface area (Å²) in [5, 5.41) is 2.82. The first-order valence-corrected chi connectivity index (χ1v) is 12.3. The molecule has 4 aromatic rings. The Balaban J connectivity index is 1.50. The maximum Gasteiger partial charge on any atom is 0.255 e. The molecule has 0 unspecified atom stereocenters. The number of carbonyl (C=O) groups excluding carboxylic acids is 1. The van der Waals surface area contributed by atoms with E-state index in [0.717, 1.165) is 0 Å². The molecule has 0 saturated carbocycles. The highest BCUT2D eigenvalue weighted by Gasteiger charge is 2.21. The molecule has 3 aromatic carbocycles. The lowest BCUT2D eigenvalue weighted by Crippen LogP contribution is -2.12. The number of hydrogen-bond donors (Lipinski definition) is 1. The molecule has 35 heavy (non-hydrogen) atoms. The number of oxazole rings is 1. The minimum atomic E-state index is -3.56. The molecule has 9 heteroatoms. The van der Waals surface area contributed by atoms with Crippen molar-refractivity contribution in [3.63, 3.8) is 0 Å². The third-order valence-electron chi connectivity index (χ3n) is 5.33. The third-order valence-corrected chi connectivity index (χ3v) is 6.97. The van der Waals surface area contributed by atoms with Crippen molar-refractivity contribution in [3.05, 3.63) is 89.8 Å². The van der Waals surface area contributed by atoms with Gasteiger partial charge in [0.15, 0.2) is 9.84 Å². The number of nitrogens with zero attached hydrogens (tertiary/aromatic N) is 1. The van der Waals surface area contributed by atoms with Gasteiger partial charge in [-0.25, -0.2) is 13.4 Å². The molecule has 0 saturated heterocycles. The van der Waals surface area contributed by atoms with Crippen LogP contribution in [0.4, 0.5) is 5.69 Å². The van der Waals surface area contributed by atoms with Gasteiger partial charge in [0.2, 0.25) is 5.89 Å². The summed E-state index contributed by atoms with van der Waals surface area (Å²) in [6, 6.07) is 20.0. The molecule has 0 aliphatic heterocycles. The zero-order valence-corrected chi connectivity index (χ0v) is 20.3. The van der Waals surface area contributed by atoms with Crippen molar-refractivity contribution in [3.8, 4) is 23.0 Å². The average Bonchev–Trinajstić information content (AvgIpc) is 3.23. The minimum Gasteiger partial charge on any atom is -0.497 e. The van der Waals surface area contributed by atoms with Crippen LogP contribution < -0.4 is 14.8 Å². The Morgan fingerprint density at radius 1 is 0.943 bits per heavy atom. The summed E-state index contributed by atoms with van der Waals surface area (Å²) in [5.41, 5.74) is 1.92. The van der Waals surface area contributed by atoms with Gasteiger partial charge in [0.05, 0.1) is 24.8 Å². The van der Waals surface area contributed by atoms with Gasteiger partial charge >= 0.3 is 0 Å². The number of nitrogens with one attached hydrogen (secondary N) is 1. The second kappa shape index (κ2) is 10.0. The van der Waals surface area contributed by atoms with Crippen LogP contribution in [0.15, 0.2) is 82.1 Å². The van der Waals surface area contributed by atoms with Crippen LogP contribution in [0.3, 0.4) is 0 Å². The molecule has 0 spiro atoms. The summed E-state index contributed by atoms with van der Waals surface area (Å²) >= 11 is 0. The number of aryl methyl sites for hydroxylation is 1. The Kier molecular flexibility index (Phi) is 6.88. The van der Waals surface area contributed by atoms with E-state index in [9.17, 15) is 13.2 Å². The normalized spacial score (nSPS) is 11.2. The fourth-order valence-corrected chi connectivity index (χ4v) is 4.79. The van der Waals surface area contributed by atoms with Gasteiger partial charge < -0.3 is 19.2 Å². The molecule has 0 bridgehead atoms. The molecule has 1 heterocycles. The second-order valence-corrected chi connectivity index (χ2v) is 9.72. The summed E-state index contributed by atoms with van der Waals surface area (Å²) in [5.74, 6) is 1.24. The molecule has 1 aromatic heterocycles. The van der Waals surface area contributed by atoms with E-state index in [0.29, 0.717) is 39.8 Å². The number of benzene rings is 3. The lowest BCUT2D eigenvalue weighted by atomic mass is 10.1. The molecule has 0 aliphatic rings. The van der Waals surface area contributed by atoms with Gasteiger partial charge in [0.25, 0.3) is 5.91 Å². The van der Waals surface area contributed by atoms with Gasteiger partial charge in [0.1, 0.15) is 23.0 Å². The van der Waals surface area contributed by atoms with Crippen LogP contribution in [-0.2, 0) is 15.6 Å². The first-order valence-electron chi connectivity index (χ1n) is 10.7. The fourth-order valence-electron chi connectivity index (χ4n) is 3.42. The summed E-state index contributed by atoms with van der Waals surface area (Å²) in [6.07, 6.45) is 0. The number of hydrogen-bond acceptors (Lipinski definition) is 7. The standard InChI is InChI=1S/C26H24N2O6S/c1-17-24(16-35(30,31)23-7-5-4-6-8-23)28-26(34-17)19-11-9-18(10-12-19)25(29)27-20-13-21(32-2)15-22(14-20)33-3/h4-15H,16H2,1-3H3,(H,27,29). The molecule has 0 fully saturated rings. The number of methoxy groups -OCH3 is 2. The molecule has 0 atom stereocenters. The predicted molar refractivity (Wildman–Crippen MR) is 132 cm³/mol. The third kappa shape index (κ3) is 5.52. The van der Waals surface area contributed by atoms with E-state index in [1.54, 1.807) is 79.7 Å². The van der Waals surface area contributed by atoms with Crippen molar-refractivity contribution in [2.45, 2.75) is 17.6 Å². The molecule has 180 valence electrons. The van der Waals surface area contributed by atoms with Crippen LogP contribution in [0.5, 0.6) is 11.5 Å². The van der Waals surface area contributed by atoms with Gasteiger partial charge in [-0.1, -0.05) is 18.2 Å². The van der Waals surface area contributed by atoms with Crippen molar-refractivity contribution in [1.82, 2.24) is 4.98 Å². The van der Waals surface area contributed by atoms with Gasteiger partial charge in [-0.2, -0.15) is 0 Å². The molecule has 8 nitrogen and oxygen atoms in total. The molecule has 0 radical (unpaired) electrons. The Bertz CT molecular complexity index is 1420. The fraction of sp³-hybridized carbons (Fsp3) is 0.154. The van der Waals surface area contributed by atoms with E-state index in [2.05, 4.69) is 10.3 Å². The topological polar surface area (TPSA) is 108 Å². The number of rotatable bonds is 8.